The molecule has 0 saturated carbocycles. The average molecular weight is 300 g/mol. The molecule has 5 heteroatoms. The Hall–Kier alpha value is -2.03. The number of Topliss-reactive ketones (excluding diaryl/α,β-unsaturated/α-hetero) is 1. The summed E-state index contributed by atoms with van der Waals surface area (Å²) in [6, 6.07) is 3.53. The summed E-state index contributed by atoms with van der Waals surface area (Å²) in [6.07, 6.45) is 0.792. The number of carbonyl (C=O) groups is 1. The Balaban J connectivity index is 1.72. The number of nitrogens with zero attached hydrogens (tertiary/aromatic N) is 1. The first kappa shape index (κ1) is 14.9. The first-order valence-electron chi connectivity index (χ1n) is 7.58. The third-order valence-corrected chi connectivity index (χ3v) is 3.96. The van der Waals surface area contributed by atoms with Crippen LogP contribution in [-0.4, -0.2) is 57.1 Å². The third-order valence-electron chi connectivity index (χ3n) is 3.96. The Kier molecular flexibility index (Phi) is 4.62. The van der Waals surface area contributed by atoms with Gasteiger partial charge in [-0.3, -0.25) is 9.69 Å². The van der Waals surface area contributed by atoms with Crippen LogP contribution in [-0.2, 0) is 0 Å². The number of methoxy groups -OCH3 is 1. The normalized spacial score (nSPS) is 17.4. The van der Waals surface area contributed by atoms with Crippen molar-refractivity contribution in [1.29, 1.82) is 0 Å². The van der Waals surface area contributed by atoms with Crippen molar-refractivity contribution in [3.05, 3.63) is 23.3 Å². The minimum Gasteiger partial charge on any atom is -0.495 e. The highest BCUT2D eigenvalue weighted by atomic mass is 16.5. The molecule has 0 bridgehead atoms. The number of carbonyl (C=O) groups excluding carboxylic acids is 1. The molecule has 0 aliphatic carbocycles. The number of benzene rings is 1. The number of ether oxygens (including phenoxy) is 2. The quantitative estimate of drug-likeness (QED) is 0.841. The first-order chi connectivity index (χ1) is 10.8. The van der Waals surface area contributed by atoms with Crippen LogP contribution in [0.4, 0.5) is 0 Å². The minimum absolute atomic E-state index is 0.00141. The number of fused-ring (bicyclic) bond motifs is 1. The number of hydrogen-bond donors (Lipinski definition) is 1. The van der Waals surface area contributed by atoms with Gasteiger partial charge < -0.3 is 14.8 Å². The van der Waals surface area contributed by atoms with E-state index >= 15 is 0 Å². The lowest BCUT2D eigenvalue weighted by atomic mass is 10.1. The number of ketones is 1. The largest absolute Gasteiger partial charge is 0.495 e. The van der Waals surface area contributed by atoms with E-state index in [-0.39, 0.29) is 12.4 Å². The van der Waals surface area contributed by atoms with Crippen molar-refractivity contribution in [1.82, 2.24) is 10.2 Å². The molecule has 2 heterocycles. The molecule has 0 atom stereocenters. The molecule has 1 aromatic rings. The van der Waals surface area contributed by atoms with Gasteiger partial charge in [-0.15, -0.1) is 0 Å². The maximum atomic E-state index is 11.7. The lowest BCUT2D eigenvalue weighted by molar-refractivity contribution is 0.0961. The predicted molar refractivity (Wildman–Crippen MR) is 83.6 cm³/mol. The molecule has 1 fully saturated rings. The van der Waals surface area contributed by atoms with Gasteiger partial charge in [-0.05, 0) is 12.1 Å². The standard InChI is InChI=1S/C17H20N2O3/c1-21-16-6-5-13-15(20)12-22-17(13)14(16)4-2-3-9-19-10-7-18-8-11-19/h5-6,18H,3,7-12H2,1H3. The van der Waals surface area contributed by atoms with Gasteiger partial charge in [0.1, 0.15) is 17.1 Å². The number of piperazine rings is 1. The van der Waals surface area contributed by atoms with E-state index < -0.39 is 0 Å². The second kappa shape index (κ2) is 6.82. The highest BCUT2D eigenvalue weighted by molar-refractivity contribution is 6.03. The van der Waals surface area contributed by atoms with E-state index in [1.54, 1.807) is 19.2 Å². The number of hydrogen-bond acceptors (Lipinski definition) is 5. The molecule has 0 spiro atoms. The van der Waals surface area contributed by atoms with E-state index in [1.165, 1.54) is 0 Å². The molecule has 116 valence electrons. The van der Waals surface area contributed by atoms with Crippen molar-refractivity contribution in [2.45, 2.75) is 6.42 Å². The summed E-state index contributed by atoms with van der Waals surface area (Å²) < 4.78 is 10.8. The molecule has 3 rings (SSSR count). The second-order valence-corrected chi connectivity index (χ2v) is 5.37. The molecule has 22 heavy (non-hydrogen) atoms. The summed E-state index contributed by atoms with van der Waals surface area (Å²) in [4.78, 5) is 14.1. The molecule has 2 aliphatic heterocycles. The van der Waals surface area contributed by atoms with Crippen LogP contribution in [0, 0.1) is 11.8 Å². The molecule has 2 aliphatic rings. The number of rotatable bonds is 3. The molecule has 1 saturated heterocycles. The predicted octanol–water partition coefficient (Wildman–Crippen LogP) is 0.917. The Morgan fingerprint density at radius 3 is 2.95 bits per heavy atom. The van der Waals surface area contributed by atoms with Crippen LogP contribution in [0.25, 0.3) is 0 Å². The summed E-state index contributed by atoms with van der Waals surface area (Å²) in [5, 5.41) is 3.34. The molecule has 5 nitrogen and oxygen atoms in total. The monoisotopic (exact) mass is 300 g/mol. The molecular weight excluding hydrogens is 280 g/mol. The van der Waals surface area contributed by atoms with Crippen molar-refractivity contribution in [2.75, 3.05) is 46.4 Å². The van der Waals surface area contributed by atoms with Gasteiger partial charge in [0.05, 0.1) is 12.7 Å². The van der Waals surface area contributed by atoms with Crippen molar-refractivity contribution in [3.63, 3.8) is 0 Å². The maximum absolute atomic E-state index is 11.7. The van der Waals surface area contributed by atoms with Crippen LogP contribution < -0.4 is 14.8 Å². The summed E-state index contributed by atoms with van der Waals surface area (Å²) >= 11 is 0. The highest BCUT2D eigenvalue weighted by Crippen LogP contribution is 2.35. The molecular formula is C17H20N2O3. The Bertz CT molecular complexity index is 625. The SMILES string of the molecule is COc1ccc2c(c1C#CCCN1CCNCC1)OCC2=O. The van der Waals surface area contributed by atoms with E-state index in [1.807, 2.05) is 0 Å². The van der Waals surface area contributed by atoms with Gasteiger partial charge in [-0.1, -0.05) is 11.8 Å². The van der Waals surface area contributed by atoms with E-state index in [9.17, 15) is 4.79 Å². The highest BCUT2D eigenvalue weighted by Gasteiger charge is 2.25. The van der Waals surface area contributed by atoms with Crippen molar-refractivity contribution in [2.24, 2.45) is 0 Å². The molecule has 0 unspecified atom stereocenters. The topological polar surface area (TPSA) is 50.8 Å². The van der Waals surface area contributed by atoms with E-state index in [0.29, 0.717) is 22.6 Å². The molecule has 1 aromatic carbocycles. The van der Waals surface area contributed by atoms with Gasteiger partial charge in [0.25, 0.3) is 0 Å². The van der Waals surface area contributed by atoms with Gasteiger partial charge in [0.15, 0.2) is 6.61 Å². The lowest BCUT2D eigenvalue weighted by Crippen LogP contribution is -2.43. The maximum Gasteiger partial charge on any atom is 0.203 e. The fourth-order valence-electron chi connectivity index (χ4n) is 2.74. The Labute approximate surface area is 130 Å². The average Bonchev–Trinajstić information content (AvgIpc) is 2.94. The second-order valence-electron chi connectivity index (χ2n) is 5.37. The van der Waals surface area contributed by atoms with E-state index in [4.69, 9.17) is 9.47 Å². The summed E-state index contributed by atoms with van der Waals surface area (Å²) in [5.74, 6) is 7.54. The summed E-state index contributed by atoms with van der Waals surface area (Å²) in [5.41, 5.74) is 1.29. The minimum atomic E-state index is 0.00141. The molecule has 0 amide bonds. The zero-order valence-corrected chi connectivity index (χ0v) is 12.8. The molecule has 0 radical (unpaired) electrons. The van der Waals surface area contributed by atoms with Gasteiger partial charge in [0.2, 0.25) is 5.78 Å². The molecule has 0 aromatic heterocycles. The fraction of sp³-hybridized carbons (Fsp3) is 0.471. The molecule has 1 N–H and O–H groups in total. The smallest absolute Gasteiger partial charge is 0.203 e. The van der Waals surface area contributed by atoms with Gasteiger partial charge >= 0.3 is 0 Å². The van der Waals surface area contributed by atoms with Gasteiger partial charge in [-0.2, -0.15) is 0 Å². The number of nitrogens with one attached hydrogen (secondary N) is 1. The van der Waals surface area contributed by atoms with Crippen LogP contribution >= 0.6 is 0 Å². The summed E-state index contributed by atoms with van der Waals surface area (Å²) in [6.45, 7) is 5.29. The Morgan fingerprint density at radius 2 is 2.18 bits per heavy atom. The van der Waals surface area contributed by atoms with Crippen molar-refractivity contribution < 1.29 is 14.3 Å². The van der Waals surface area contributed by atoms with Crippen LogP contribution in [0.1, 0.15) is 22.3 Å². The van der Waals surface area contributed by atoms with Crippen LogP contribution in [0.3, 0.4) is 0 Å². The van der Waals surface area contributed by atoms with Gasteiger partial charge in [0, 0.05) is 39.1 Å². The van der Waals surface area contributed by atoms with Crippen LogP contribution in [0.15, 0.2) is 12.1 Å². The van der Waals surface area contributed by atoms with Crippen LogP contribution in [0.2, 0.25) is 0 Å². The van der Waals surface area contributed by atoms with E-state index in [2.05, 4.69) is 22.1 Å². The van der Waals surface area contributed by atoms with Crippen molar-refractivity contribution >= 4 is 5.78 Å². The third kappa shape index (κ3) is 3.08. The lowest BCUT2D eigenvalue weighted by Gasteiger charge is -2.26. The van der Waals surface area contributed by atoms with E-state index in [0.717, 1.165) is 39.1 Å². The van der Waals surface area contributed by atoms with Crippen LogP contribution in [0.5, 0.6) is 11.5 Å². The zero-order valence-electron chi connectivity index (χ0n) is 12.8. The first-order valence-corrected chi connectivity index (χ1v) is 7.58. The van der Waals surface area contributed by atoms with Crippen molar-refractivity contribution in [3.8, 4) is 23.3 Å². The summed E-state index contributed by atoms with van der Waals surface area (Å²) in [7, 11) is 1.60. The Morgan fingerprint density at radius 1 is 1.36 bits per heavy atom. The zero-order chi connectivity index (χ0) is 15.4. The fourth-order valence-corrected chi connectivity index (χ4v) is 2.74. The van der Waals surface area contributed by atoms with Gasteiger partial charge in [-0.25, -0.2) is 0 Å².